The minimum Gasteiger partial charge on any atom is -0.277 e. The van der Waals surface area contributed by atoms with E-state index in [9.17, 15) is 0 Å². The van der Waals surface area contributed by atoms with Crippen molar-refractivity contribution in [1.82, 2.24) is 19.5 Å². The van der Waals surface area contributed by atoms with Crippen LogP contribution in [0.25, 0.3) is 89.5 Å². The van der Waals surface area contributed by atoms with Crippen molar-refractivity contribution < 1.29 is 0 Å². The van der Waals surface area contributed by atoms with E-state index >= 15 is 0 Å². The van der Waals surface area contributed by atoms with Crippen LogP contribution >= 0.6 is 0 Å². The third-order valence-electron chi connectivity index (χ3n) is 12.8. The normalized spacial score (nSPS) is 13.2. The van der Waals surface area contributed by atoms with Crippen molar-refractivity contribution >= 4 is 27.4 Å². The largest absolute Gasteiger partial charge is 0.277 e. The van der Waals surface area contributed by atoms with Gasteiger partial charge in [-0.2, -0.15) is 9.97 Å². The molecule has 0 saturated carbocycles. The van der Waals surface area contributed by atoms with E-state index < -0.39 is 5.41 Å². The van der Waals surface area contributed by atoms with Gasteiger partial charge in [0, 0.05) is 27.5 Å². The molecule has 0 atom stereocenters. The first kappa shape index (κ1) is 35.7. The van der Waals surface area contributed by atoms with Gasteiger partial charge in [0.25, 0.3) is 0 Å². The van der Waals surface area contributed by atoms with Crippen molar-refractivity contribution in [3.05, 3.63) is 247 Å². The van der Waals surface area contributed by atoms with Crippen LogP contribution in [0.5, 0.6) is 0 Å². The highest BCUT2D eigenvalue weighted by atomic mass is 15.2. The molecular weight excluding hydrogens is 753 g/mol. The lowest BCUT2D eigenvalue weighted by molar-refractivity contribution is 0.794. The lowest BCUT2D eigenvalue weighted by atomic mass is 9.70. The van der Waals surface area contributed by atoms with Gasteiger partial charge in [-0.3, -0.25) is 4.57 Å². The number of hydrogen-bond acceptors (Lipinski definition) is 3. The van der Waals surface area contributed by atoms with Crippen LogP contribution < -0.4 is 0 Å². The molecule has 2 aliphatic rings. The molecule has 4 heteroatoms. The summed E-state index contributed by atoms with van der Waals surface area (Å²) in [5, 5.41) is 2.21. The molecule has 0 amide bonds. The molecule has 2 aromatic heterocycles. The van der Waals surface area contributed by atoms with Crippen LogP contribution in [-0.2, 0) is 5.41 Å². The number of nitrogens with zero attached hydrogens (tertiary/aromatic N) is 4. The molecule has 10 aromatic rings. The summed E-state index contributed by atoms with van der Waals surface area (Å²) in [7, 11) is 0. The summed E-state index contributed by atoms with van der Waals surface area (Å²) in [5.41, 5.74) is 17.8. The topological polar surface area (TPSA) is 43.6 Å². The summed E-state index contributed by atoms with van der Waals surface area (Å²) < 4.78 is 2.29. The Hall–Kier alpha value is -8.21. The molecule has 12 rings (SSSR count). The third kappa shape index (κ3) is 5.10. The molecule has 2 aliphatic carbocycles. The van der Waals surface area contributed by atoms with Crippen LogP contribution in [0, 0.1) is 0 Å². The summed E-state index contributed by atoms with van der Waals surface area (Å²) in [4.78, 5) is 16.0. The highest BCUT2D eigenvalue weighted by Gasteiger charge is 2.52. The molecule has 0 N–H and O–H groups in total. The van der Waals surface area contributed by atoms with Gasteiger partial charge in [-0.15, -0.1) is 0 Å². The van der Waals surface area contributed by atoms with E-state index in [1.54, 1.807) is 0 Å². The molecule has 0 unspecified atom stereocenters. The second-order valence-corrected chi connectivity index (χ2v) is 16.0. The van der Waals surface area contributed by atoms with Crippen molar-refractivity contribution in [2.24, 2.45) is 0 Å². The summed E-state index contributed by atoms with van der Waals surface area (Å²) in [5.74, 6) is 1.76. The van der Waals surface area contributed by atoms with Gasteiger partial charge in [0.2, 0.25) is 5.95 Å². The minimum absolute atomic E-state index is 0.511. The van der Waals surface area contributed by atoms with E-state index in [0.29, 0.717) is 17.6 Å². The standard InChI is InChI=1S/C58H38N4/c1-3-17-37(4-2)42-32-35-52-47(36-42)45-33-34-51-53(46-24-13-16-27-50(46)58(51)48-25-14-11-22-43(48)44-23-12-15-26-49(44)58)54(45)62(52)57-60-55(40-20-9-6-10-21-40)59-56(61-57)41-30-28-39(29-31-41)38-18-7-5-8-19-38/h3-36H,1-2H2/b37-17+. The first-order valence-electron chi connectivity index (χ1n) is 21.0. The molecule has 2 heterocycles. The van der Waals surface area contributed by atoms with E-state index in [1.807, 2.05) is 42.5 Å². The minimum atomic E-state index is -0.511. The zero-order chi connectivity index (χ0) is 41.4. The number of aromatic nitrogens is 4. The summed E-state index contributed by atoms with van der Waals surface area (Å²) in [6.07, 6.45) is 5.71. The number of rotatable bonds is 7. The van der Waals surface area contributed by atoms with E-state index in [1.165, 1.54) is 44.5 Å². The zero-order valence-electron chi connectivity index (χ0n) is 33.8. The molecule has 8 aromatic carbocycles. The van der Waals surface area contributed by atoms with Crippen LogP contribution in [0.15, 0.2) is 219 Å². The molecule has 4 nitrogen and oxygen atoms in total. The summed E-state index contributed by atoms with van der Waals surface area (Å²) in [6.45, 7) is 8.15. The molecule has 1 spiro atoms. The first-order chi connectivity index (χ1) is 30.7. The van der Waals surface area contributed by atoms with Crippen molar-refractivity contribution in [3.8, 4) is 62.1 Å². The van der Waals surface area contributed by atoms with Crippen molar-refractivity contribution in [1.29, 1.82) is 0 Å². The molecule has 290 valence electrons. The summed E-state index contributed by atoms with van der Waals surface area (Å²) in [6, 6.07) is 67.4. The van der Waals surface area contributed by atoms with Gasteiger partial charge >= 0.3 is 0 Å². The van der Waals surface area contributed by atoms with Gasteiger partial charge in [0.15, 0.2) is 11.6 Å². The number of hydrogen-bond donors (Lipinski definition) is 0. The Morgan fingerprint density at radius 2 is 1.00 bits per heavy atom. The second kappa shape index (κ2) is 13.9. The van der Waals surface area contributed by atoms with Crippen molar-refractivity contribution in [3.63, 3.8) is 0 Å². The second-order valence-electron chi connectivity index (χ2n) is 16.0. The SMILES string of the molecule is C=C/C=C(\C=C)c1ccc2c(c1)c1ccc3c(c1n2-c1nc(-c2ccccc2)nc(-c2ccc(-c4ccccc4)cc2)n1)-c1ccccc1C31c2ccccc2-c2ccccc21. The maximum atomic E-state index is 5.42. The maximum Gasteiger partial charge on any atom is 0.238 e. The maximum absolute atomic E-state index is 5.42. The smallest absolute Gasteiger partial charge is 0.238 e. The van der Waals surface area contributed by atoms with E-state index in [2.05, 4.69) is 182 Å². The number of allylic oxidation sites excluding steroid dienone is 4. The third-order valence-corrected chi connectivity index (χ3v) is 12.8. The van der Waals surface area contributed by atoms with Gasteiger partial charge in [0.1, 0.15) is 0 Å². The van der Waals surface area contributed by atoms with Crippen molar-refractivity contribution in [2.75, 3.05) is 0 Å². The molecule has 0 saturated heterocycles. The molecular formula is C58H38N4. The number of fused-ring (bicyclic) bond motifs is 14. The van der Waals surface area contributed by atoms with E-state index in [0.717, 1.165) is 55.2 Å². The van der Waals surface area contributed by atoms with Crippen LogP contribution in [0.1, 0.15) is 27.8 Å². The van der Waals surface area contributed by atoms with Crippen LogP contribution in [0.2, 0.25) is 0 Å². The predicted molar refractivity (Wildman–Crippen MR) is 255 cm³/mol. The quantitative estimate of drug-likeness (QED) is 0.151. The fourth-order valence-electron chi connectivity index (χ4n) is 10.2. The first-order valence-corrected chi connectivity index (χ1v) is 21.0. The lowest BCUT2D eigenvalue weighted by Crippen LogP contribution is -2.25. The van der Waals surface area contributed by atoms with Gasteiger partial charge < -0.3 is 0 Å². The average molecular weight is 791 g/mol. The molecule has 0 aliphatic heterocycles. The van der Waals surface area contributed by atoms with Gasteiger partial charge in [0.05, 0.1) is 16.4 Å². The Kier molecular flexibility index (Phi) is 8.03. The molecule has 0 bridgehead atoms. The fourth-order valence-corrected chi connectivity index (χ4v) is 10.2. The predicted octanol–water partition coefficient (Wildman–Crippen LogP) is 14.1. The van der Waals surface area contributed by atoms with E-state index in [-0.39, 0.29) is 0 Å². The average Bonchev–Trinajstić information content (AvgIpc) is 3.95. The molecule has 62 heavy (non-hydrogen) atoms. The lowest BCUT2D eigenvalue weighted by Gasteiger charge is -2.30. The van der Waals surface area contributed by atoms with Crippen LogP contribution in [0.3, 0.4) is 0 Å². The van der Waals surface area contributed by atoms with Crippen molar-refractivity contribution in [2.45, 2.75) is 5.41 Å². The Morgan fingerprint density at radius 1 is 0.468 bits per heavy atom. The highest BCUT2D eigenvalue weighted by molar-refractivity contribution is 6.17. The monoisotopic (exact) mass is 790 g/mol. The van der Waals surface area contributed by atoms with Gasteiger partial charge in [-0.25, -0.2) is 4.98 Å². The Balaban J connectivity index is 1.20. The number of benzene rings is 8. The fraction of sp³-hybridized carbons (Fsp3) is 0.0172. The van der Waals surface area contributed by atoms with Gasteiger partial charge in [-0.1, -0.05) is 207 Å². The Morgan fingerprint density at radius 3 is 1.63 bits per heavy atom. The van der Waals surface area contributed by atoms with E-state index in [4.69, 9.17) is 15.0 Å². The molecule has 0 fully saturated rings. The van der Waals surface area contributed by atoms with Gasteiger partial charge in [-0.05, 0) is 73.3 Å². The van der Waals surface area contributed by atoms with Crippen LogP contribution in [-0.4, -0.2) is 19.5 Å². The summed E-state index contributed by atoms with van der Waals surface area (Å²) >= 11 is 0. The van der Waals surface area contributed by atoms with Crippen LogP contribution in [0.4, 0.5) is 0 Å². The Bertz CT molecular complexity index is 3440. The zero-order valence-corrected chi connectivity index (χ0v) is 33.8. The highest BCUT2D eigenvalue weighted by Crippen LogP contribution is 2.64. The molecule has 0 radical (unpaired) electrons. The Labute approximate surface area is 360 Å².